The molecule has 8 aromatic carbocycles. The lowest BCUT2D eigenvalue weighted by molar-refractivity contribution is 1.17. The third kappa shape index (κ3) is 4.80. The summed E-state index contributed by atoms with van der Waals surface area (Å²) in [7, 11) is 0. The van der Waals surface area contributed by atoms with Crippen LogP contribution in [0.25, 0.3) is 88.4 Å². The molecule has 10 rings (SSSR count). The summed E-state index contributed by atoms with van der Waals surface area (Å²) >= 11 is 0. The number of rotatable bonds is 5. The third-order valence-corrected chi connectivity index (χ3v) is 10.4. The van der Waals surface area contributed by atoms with Crippen LogP contribution in [0.2, 0.25) is 0 Å². The minimum atomic E-state index is 1.15. The largest absolute Gasteiger partial charge is 0.309 e. The molecule has 0 aliphatic carbocycles. The van der Waals surface area contributed by atoms with Gasteiger partial charge in [-0.2, -0.15) is 0 Å². The average Bonchev–Trinajstić information content (AvgIpc) is 3.72. The molecule has 0 spiro atoms. The van der Waals surface area contributed by atoms with Crippen molar-refractivity contribution in [2.75, 3.05) is 0 Å². The predicted octanol–water partition coefficient (Wildman–Crippen LogP) is 13.2. The maximum atomic E-state index is 2.43. The molecule has 240 valence electrons. The summed E-state index contributed by atoms with van der Waals surface area (Å²) < 4.78 is 4.85. The average molecular weight is 651 g/mol. The van der Waals surface area contributed by atoms with E-state index >= 15 is 0 Å². The van der Waals surface area contributed by atoms with Crippen molar-refractivity contribution in [3.63, 3.8) is 0 Å². The first-order valence-electron chi connectivity index (χ1n) is 17.6. The molecule has 0 N–H and O–H groups in total. The highest BCUT2D eigenvalue weighted by Crippen LogP contribution is 2.42. The summed E-state index contributed by atoms with van der Waals surface area (Å²) in [5, 5.41) is 5.10. The van der Waals surface area contributed by atoms with Crippen molar-refractivity contribution in [3.05, 3.63) is 194 Å². The molecule has 2 nitrogen and oxygen atoms in total. The summed E-state index contributed by atoms with van der Waals surface area (Å²) in [4.78, 5) is 0. The molecule has 0 unspecified atom stereocenters. The Balaban J connectivity index is 1.11. The fraction of sp³-hybridized carbons (Fsp3) is 0.0204. The minimum absolute atomic E-state index is 1.15. The first-order valence-corrected chi connectivity index (χ1v) is 17.6. The van der Waals surface area contributed by atoms with Crippen LogP contribution in [0.1, 0.15) is 5.56 Å². The summed E-state index contributed by atoms with van der Waals surface area (Å²) in [6.45, 7) is 2.13. The predicted molar refractivity (Wildman–Crippen MR) is 216 cm³/mol. The number of aromatic nitrogens is 2. The molecule has 0 aliphatic rings. The zero-order chi connectivity index (χ0) is 33.9. The van der Waals surface area contributed by atoms with E-state index in [1.165, 1.54) is 82.6 Å². The molecule has 0 aliphatic heterocycles. The summed E-state index contributed by atoms with van der Waals surface area (Å²) in [5.74, 6) is 0. The first kappa shape index (κ1) is 29.3. The molecule has 51 heavy (non-hydrogen) atoms. The van der Waals surface area contributed by atoms with Gasteiger partial charge in [0.15, 0.2) is 0 Å². The number of hydrogen-bond donors (Lipinski definition) is 0. The summed E-state index contributed by atoms with van der Waals surface area (Å²) in [5.41, 5.74) is 15.8. The highest BCUT2D eigenvalue weighted by Gasteiger charge is 2.20. The molecule has 0 amide bonds. The topological polar surface area (TPSA) is 9.86 Å². The Labute approximate surface area is 297 Å². The van der Waals surface area contributed by atoms with Crippen molar-refractivity contribution in [2.24, 2.45) is 0 Å². The Kier molecular flexibility index (Phi) is 6.75. The van der Waals surface area contributed by atoms with Gasteiger partial charge in [0.25, 0.3) is 0 Å². The molecule has 0 radical (unpaired) electrons. The van der Waals surface area contributed by atoms with Crippen LogP contribution in [0.3, 0.4) is 0 Å². The zero-order valence-corrected chi connectivity index (χ0v) is 28.3. The fourth-order valence-corrected chi connectivity index (χ4v) is 7.91. The molecule has 0 saturated heterocycles. The van der Waals surface area contributed by atoms with Gasteiger partial charge in [0.05, 0.1) is 22.1 Å². The van der Waals surface area contributed by atoms with E-state index in [0.29, 0.717) is 0 Å². The lowest BCUT2D eigenvalue weighted by Gasteiger charge is -2.11. The van der Waals surface area contributed by atoms with Gasteiger partial charge < -0.3 is 9.13 Å². The first-order chi connectivity index (χ1) is 25.2. The van der Waals surface area contributed by atoms with Crippen LogP contribution in [0.4, 0.5) is 0 Å². The van der Waals surface area contributed by atoms with Gasteiger partial charge in [-0.15, -0.1) is 0 Å². The third-order valence-electron chi connectivity index (χ3n) is 10.4. The molecule has 2 aromatic heterocycles. The second-order valence-corrected chi connectivity index (χ2v) is 13.5. The monoisotopic (exact) mass is 650 g/mol. The van der Waals surface area contributed by atoms with Gasteiger partial charge in [0.2, 0.25) is 0 Å². The fourth-order valence-electron chi connectivity index (χ4n) is 7.91. The Morgan fingerprint density at radius 1 is 0.275 bits per heavy atom. The molecule has 2 heterocycles. The molecule has 0 bridgehead atoms. The van der Waals surface area contributed by atoms with Gasteiger partial charge in [-0.25, -0.2) is 0 Å². The summed E-state index contributed by atoms with van der Waals surface area (Å²) in [6.07, 6.45) is 0. The van der Waals surface area contributed by atoms with Crippen molar-refractivity contribution < 1.29 is 0 Å². The molecule has 0 fully saturated rings. The number of fused-ring (bicyclic) bond motifs is 7. The van der Waals surface area contributed by atoms with Gasteiger partial charge in [-0.1, -0.05) is 145 Å². The Morgan fingerprint density at radius 3 is 1.04 bits per heavy atom. The van der Waals surface area contributed by atoms with Crippen molar-refractivity contribution in [1.82, 2.24) is 9.13 Å². The minimum Gasteiger partial charge on any atom is -0.309 e. The number of para-hydroxylation sites is 2. The maximum Gasteiger partial charge on any atom is 0.0548 e. The second kappa shape index (κ2) is 11.8. The van der Waals surface area contributed by atoms with Crippen molar-refractivity contribution in [3.8, 4) is 44.8 Å². The number of nitrogens with zero attached hydrogens (tertiary/aromatic N) is 2. The molecule has 2 heteroatoms. The normalized spacial score (nSPS) is 11.6. The molecular weight excluding hydrogens is 617 g/mol. The number of aryl methyl sites for hydroxylation is 1. The van der Waals surface area contributed by atoms with E-state index in [1.54, 1.807) is 0 Å². The van der Waals surface area contributed by atoms with Crippen molar-refractivity contribution in [1.29, 1.82) is 0 Å². The van der Waals surface area contributed by atoms with Gasteiger partial charge >= 0.3 is 0 Å². The van der Waals surface area contributed by atoms with Crippen LogP contribution in [0.15, 0.2) is 188 Å². The highest BCUT2D eigenvalue weighted by molar-refractivity contribution is 6.28. The number of hydrogen-bond acceptors (Lipinski definition) is 0. The Bertz CT molecular complexity index is 2850. The smallest absolute Gasteiger partial charge is 0.0548 e. The van der Waals surface area contributed by atoms with Crippen LogP contribution in [-0.4, -0.2) is 9.13 Å². The SMILES string of the molecule is Cc1ccc(-c2ccc(-n3c4ccccc4c4c5c6ccccc6n(-c6ccc(-c7ccc(-c8ccccc8)cc7)cc6)c5ccc43)cc2)cc1. The highest BCUT2D eigenvalue weighted by atomic mass is 15.0. The van der Waals surface area contributed by atoms with E-state index < -0.39 is 0 Å². The van der Waals surface area contributed by atoms with Crippen molar-refractivity contribution >= 4 is 43.6 Å². The van der Waals surface area contributed by atoms with E-state index in [9.17, 15) is 0 Å². The molecule has 10 aromatic rings. The van der Waals surface area contributed by atoms with E-state index in [-0.39, 0.29) is 0 Å². The van der Waals surface area contributed by atoms with Gasteiger partial charge in [0, 0.05) is 32.9 Å². The van der Waals surface area contributed by atoms with Crippen LogP contribution >= 0.6 is 0 Å². The Hall–Kier alpha value is -6.64. The van der Waals surface area contributed by atoms with E-state index in [1.807, 2.05) is 0 Å². The van der Waals surface area contributed by atoms with Crippen LogP contribution < -0.4 is 0 Å². The summed E-state index contributed by atoms with van der Waals surface area (Å²) in [6, 6.07) is 68.5. The second-order valence-electron chi connectivity index (χ2n) is 13.5. The molecule has 0 saturated carbocycles. The van der Waals surface area contributed by atoms with Crippen LogP contribution in [0, 0.1) is 6.92 Å². The Morgan fingerprint density at radius 2 is 0.608 bits per heavy atom. The van der Waals surface area contributed by atoms with Gasteiger partial charge in [0.1, 0.15) is 0 Å². The lowest BCUT2D eigenvalue weighted by atomic mass is 10.0. The van der Waals surface area contributed by atoms with Crippen LogP contribution in [0.5, 0.6) is 0 Å². The van der Waals surface area contributed by atoms with E-state index in [0.717, 1.165) is 11.4 Å². The van der Waals surface area contributed by atoms with Crippen molar-refractivity contribution in [2.45, 2.75) is 6.92 Å². The zero-order valence-electron chi connectivity index (χ0n) is 28.3. The van der Waals surface area contributed by atoms with Gasteiger partial charge in [-0.05, 0) is 88.8 Å². The van der Waals surface area contributed by atoms with Crippen LogP contribution in [-0.2, 0) is 0 Å². The molecule has 0 atom stereocenters. The maximum absolute atomic E-state index is 2.43. The lowest BCUT2D eigenvalue weighted by Crippen LogP contribution is -1.95. The van der Waals surface area contributed by atoms with Gasteiger partial charge in [-0.3, -0.25) is 0 Å². The standard InChI is InChI=1S/C49H34N2/c1-33-15-17-35(18-16-33)38-23-27-40(28-24-38)50-44-13-7-5-11-42(44)48-46(50)31-32-47-49(48)43-12-6-8-14-45(43)51(47)41-29-25-39(26-30-41)37-21-19-36(20-22-37)34-9-3-2-4-10-34/h2-32H,1H3. The molecular formula is C49H34N2. The number of benzene rings is 8. The van der Waals surface area contributed by atoms with E-state index in [2.05, 4.69) is 204 Å². The quantitative estimate of drug-likeness (QED) is 0.175. The van der Waals surface area contributed by atoms with E-state index in [4.69, 9.17) is 0 Å².